The summed E-state index contributed by atoms with van der Waals surface area (Å²) in [5.74, 6) is -0.612. The topological polar surface area (TPSA) is 89.7 Å². The monoisotopic (exact) mass is 314 g/mol. The minimum atomic E-state index is -3.79. The van der Waals surface area contributed by atoms with Gasteiger partial charge in [-0.05, 0) is 36.1 Å². The molecule has 0 fully saturated rings. The first-order valence-electron chi connectivity index (χ1n) is 6.72. The molecule has 0 heterocycles. The summed E-state index contributed by atoms with van der Waals surface area (Å²) in [6.45, 7) is 3.43. The van der Waals surface area contributed by atoms with Gasteiger partial charge in [0.15, 0.2) is 0 Å². The van der Waals surface area contributed by atoms with E-state index in [4.69, 9.17) is 5.73 Å². The van der Waals surface area contributed by atoms with E-state index in [-0.39, 0.29) is 11.4 Å². The maximum Gasteiger partial charge on any atom is 0.321 e. The van der Waals surface area contributed by atoms with Gasteiger partial charge >= 0.3 is 5.97 Å². The number of nitrogens with zero attached hydrogens (tertiary/aromatic N) is 1. The summed E-state index contributed by atoms with van der Waals surface area (Å²) in [4.78, 5) is 11.5. The number of aryl methyl sites for hydroxylation is 1. The lowest BCUT2D eigenvalue weighted by Crippen LogP contribution is -2.33. The largest absolute Gasteiger partial charge is 0.468 e. The predicted molar refractivity (Wildman–Crippen MR) is 81.4 cm³/mol. The second-order valence-electron chi connectivity index (χ2n) is 4.71. The molecule has 6 nitrogen and oxygen atoms in total. The number of hydrogen-bond donors (Lipinski definition) is 1. The van der Waals surface area contributed by atoms with Crippen LogP contribution in [0.15, 0.2) is 17.0 Å². The molecule has 2 N–H and O–H groups in total. The molecule has 0 aliphatic rings. The number of anilines is 1. The molecule has 21 heavy (non-hydrogen) atoms. The maximum atomic E-state index is 12.6. The van der Waals surface area contributed by atoms with E-state index in [1.807, 2.05) is 13.8 Å². The van der Waals surface area contributed by atoms with Crippen LogP contribution in [0.4, 0.5) is 5.69 Å². The van der Waals surface area contributed by atoms with Gasteiger partial charge in [0.25, 0.3) is 0 Å². The molecule has 0 saturated heterocycles. The van der Waals surface area contributed by atoms with Crippen molar-refractivity contribution in [1.82, 2.24) is 4.31 Å². The van der Waals surface area contributed by atoms with Crippen molar-refractivity contribution < 1.29 is 17.9 Å². The first-order valence-corrected chi connectivity index (χ1v) is 8.16. The first kappa shape index (κ1) is 17.5. The third-order valence-corrected chi connectivity index (χ3v) is 5.20. The van der Waals surface area contributed by atoms with Crippen LogP contribution >= 0.6 is 0 Å². The summed E-state index contributed by atoms with van der Waals surface area (Å²) >= 11 is 0. The van der Waals surface area contributed by atoms with E-state index in [1.165, 1.54) is 14.2 Å². The van der Waals surface area contributed by atoms with Crippen molar-refractivity contribution in [2.75, 3.05) is 26.4 Å². The number of nitrogens with two attached hydrogens (primary N) is 1. The number of carbonyl (C=O) groups is 1. The average Bonchev–Trinajstić information content (AvgIpc) is 2.45. The number of hydrogen-bond acceptors (Lipinski definition) is 5. The fourth-order valence-corrected chi connectivity index (χ4v) is 3.52. The highest BCUT2D eigenvalue weighted by Gasteiger charge is 2.27. The standard InChI is InChI=1S/C14H22N2O4S/c1-5-10-7-12(15)11(6-2)13(8-10)21(18,19)16(3)9-14(17)20-4/h7-8H,5-6,9,15H2,1-4H3. The quantitative estimate of drug-likeness (QED) is 0.629. The van der Waals surface area contributed by atoms with Gasteiger partial charge in [0.2, 0.25) is 10.0 Å². The number of nitrogen functional groups attached to an aromatic ring is 1. The lowest BCUT2D eigenvalue weighted by molar-refractivity contribution is -0.140. The number of ether oxygens (including phenoxy) is 1. The normalized spacial score (nSPS) is 11.7. The maximum absolute atomic E-state index is 12.6. The summed E-state index contributed by atoms with van der Waals surface area (Å²) < 4.78 is 30.8. The number of esters is 1. The zero-order valence-electron chi connectivity index (χ0n) is 12.8. The minimum absolute atomic E-state index is 0.160. The molecular formula is C14H22N2O4S. The zero-order valence-corrected chi connectivity index (χ0v) is 13.7. The summed E-state index contributed by atoms with van der Waals surface area (Å²) in [5.41, 5.74) is 7.83. The Hall–Kier alpha value is -1.60. The van der Waals surface area contributed by atoms with E-state index in [0.29, 0.717) is 24.1 Å². The second kappa shape index (κ2) is 6.91. The van der Waals surface area contributed by atoms with E-state index in [2.05, 4.69) is 4.74 Å². The molecule has 0 spiro atoms. The molecule has 0 amide bonds. The van der Waals surface area contributed by atoms with Gasteiger partial charge in [-0.25, -0.2) is 8.42 Å². The fourth-order valence-electron chi connectivity index (χ4n) is 2.04. The number of methoxy groups -OCH3 is 1. The van der Waals surface area contributed by atoms with Gasteiger partial charge in [-0.1, -0.05) is 13.8 Å². The molecule has 0 aliphatic carbocycles. The van der Waals surface area contributed by atoms with Crippen LogP contribution in [0.1, 0.15) is 25.0 Å². The van der Waals surface area contributed by atoms with Crippen molar-refractivity contribution in [1.29, 1.82) is 0 Å². The van der Waals surface area contributed by atoms with Gasteiger partial charge in [-0.15, -0.1) is 0 Å². The summed E-state index contributed by atoms with van der Waals surface area (Å²) in [6.07, 6.45) is 1.17. The molecular weight excluding hydrogens is 292 g/mol. The fraction of sp³-hybridized carbons (Fsp3) is 0.500. The van der Waals surface area contributed by atoms with Crippen molar-refractivity contribution in [3.05, 3.63) is 23.3 Å². The first-order chi connectivity index (χ1) is 9.77. The van der Waals surface area contributed by atoms with Crippen LogP contribution in [-0.4, -0.2) is 39.4 Å². The molecule has 0 saturated carbocycles. The van der Waals surface area contributed by atoms with Crippen molar-refractivity contribution in [2.45, 2.75) is 31.6 Å². The Balaban J connectivity index is 3.36. The van der Waals surface area contributed by atoms with Crippen LogP contribution in [0, 0.1) is 0 Å². The van der Waals surface area contributed by atoms with Crippen molar-refractivity contribution in [3.63, 3.8) is 0 Å². The zero-order chi connectivity index (χ0) is 16.2. The van der Waals surface area contributed by atoms with Gasteiger partial charge in [0, 0.05) is 12.7 Å². The van der Waals surface area contributed by atoms with E-state index in [9.17, 15) is 13.2 Å². The Morgan fingerprint density at radius 1 is 1.29 bits per heavy atom. The van der Waals surface area contributed by atoms with Crippen LogP contribution in [0.5, 0.6) is 0 Å². The van der Waals surface area contributed by atoms with Crippen molar-refractivity contribution >= 4 is 21.7 Å². The molecule has 1 rings (SSSR count). The van der Waals surface area contributed by atoms with Gasteiger partial charge in [0.05, 0.1) is 12.0 Å². The number of benzene rings is 1. The predicted octanol–water partition coefficient (Wildman–Crippen LogP) is 1.19. The molecule has 0 aromatic heterocycles. The number of carbonyl (C=O) groups excluding carboxylic acids is 1. The van der Waals surface area contributed by atoms with Gasteiger partial charge in [-0.2, -0.15) is 4.31 Å². The van der Waals surface area contributed by atoms with Crippen LogP contribution in [0.2, 0.25) is 0 Å². The molecule has 0 radical (unpaired) electrons. The Kier molecular flexibility index (Phi) is 5.74. The third kappa shape index (κ3) is 3.74. The van der Waals surface area contributed by atoms with Crippen LogP contribution in [-0.2, 0) is 32.4 Å². The van der Waals surface area contributed by atoms with Gasteiger partial charge < -0.3 is 10.5 Å². The van der Waals surface area contributed by atoms with Crippen LogP contribution in [0.3, 0.4) is 0 Å². The lowest BCUT2D eigenvalue weighted by Gasteiger charge is -2.20. The van der Waals surface area contributed by atoms with E-state index in [0.717, 1.165) is 9.87 Å². The van der Waals surface area contributed by atoms with E-state index >= 15 is 0 Å². The molecule has 7 heteroatoms. The smallest absolute Gasteiger partial charge is 0.321 e. The van der Waals surface area contributed by atoms with Crippen LogP contribution < -0.4 is 5.73 Å². The van der Waals surface area contributed by atoms with E-state index in [1.54, 1.807) is 12.1 Å². The Morgan fingerprint density at radius 2 is 1.90 bits per heavy atom. The molecule has 0 atom stereocenters. The summed E-state index contributed by atoms with van der Waals surface area (Å²) in [5, 5.41) is 0. The minimum Gasteiger partial charge on any atom is -0.468 e. The third-order valence-electron chi connectivity index (χ3n) is 3.33. The Morgan fingerprint density at radius 3 is 2.38 bits per heavy atom. The highest BCUT2D eigenvalue weighted by molar-refractivity contribution is 7.89. The van der Waals surface area contributed by atoms with Gasteiger partial charge in [-0.3, -0.25) is 4.79 Å². The van der Waals surface area contributed by atoms with Crippen molar-refractivity contribution in [3.8, 4) is 0 Å². The number of sulfonamides is 1. The highest BCUT2D eigenvalue weighted by atomic mass is 32.2. The highest BCUT2D eigenvalue weighted by Crippen LogP contribution is 2.27. The molecule has 1 aromatic rings. The molecule has 0 unspecified atom stereocenters. The summed E-state index contributed by atoms with van der Waals surface area (Å²) in [6, 6.07) is 3.41. The second-order valence-corrected chi connectivity index (χ2v) is 6.72. The lowest BCUT2D eigenvalue weighted by atomic mass is 10.1. The Bertz CT molecular complexity index is 626. The van der Waals surface area contributed by atoms with Crippen LogP contribution in [0.25, 0.3) is 0 Å². The molecule has 118 valence electrons. The summed E-state index contributed by atoms with van der Waals surface area (Å²) in [7, 11) is -1.22. The molecule has 0 aliphatic heterocycles. The number of likely N-dealkylation sites (N-methyl/N-ethyl adjacent to an activating group) is 1. The van der Waals surface area contributed by atoms with Crippen molar-refractivity contribution in [2.24, 2.45) is 0 Å². The average molecular weight is 314 g/mol. The Labute approximate surface area is 125 Å². The SMILES string of the molecule is CCc1cc(N)c(CC)c(S(=O)(=O)N(C)CC(=O)OC)c1. The molecule has 1 aromatic carbocycles. The number of rotatable bonds is 6. The van der Waals surface area contributed by atoms with E-state index < -0.39 is 16.0 Å². The molecule has 0 bridgehead atoms. The van der Waals surface area contributed by atoms with Gasteiger partial charge in [0.1, 0.15) is 6.54 Å².